The Bertz CT molecular complexity index is 464. The molecule has 1 aromatic rings. The van der Waals surface area contributed by atoms with Crippen LogP contribution in [0.3, 0.4) is 0 Å². The van der Waals surface area contributed by atoms with Gasteiger partial charge in [-0.3, -0.25) is 4.79 Å². The SMILES string of the molecule is O=C(CC1CCCC1)NCc1cccc(C(=O)O)c1. The summed E-state index contributed by atoms with van der Waals surface area (Å²) in [5.41, 5.74) is 1.07. The van der Waals surface area contributed by atoms with Crippen LogP contribution in [-0.2, 0) is 11.3 Å². The van der Waals surface area contributed by atoms with Gasteiger partial charge in [0.2, 0.25) is 5.91 Å². The van der Waals surface area contributed by atoms with E-state index in [1.54, 1.807) is 18.2 Å². The van der Waals surface area contributed by atoms with Gasteiger partial charge in [-0.1, -0.05) is 25.0 Å². The van der Waals surface area contributed by atoms with Crippen LogP contribution in [0.1, 0.15) is 48.0 Å². The monoisotopic (exact) mass is 261 g/mol. The molecule has 0 spiro atoms. The molecule has 0 atom stereocenters. The number of carbonyl (C=O) groups is 2. The molecule has 0 aliphatic heterocycles. The molecule has 0 heterocycles. The van der Waals surface area contributed by atoms with E-state index < -0.39 is 5.97 Å². The van der Waals surface area contributed by atoms with Gasteiger partial charge in [0.15, 0.2) is 0 Å². The van der Waals surface area contributed by atoms with E-state index in [-0.39, 0.29) is 11.5 Å². The molecule has 0 radical (unpaired) electrons. The molecule has 102 valence electrons. The number of nitrogens with one attached hydrogen (secondary N) is 1. The third kappa shape index (κ3) is 4.09. The third-order valence-electron chi connectivity index (χ3n) is 3.61. The fraction of sp³-hybridized carbons (Fsp3) is 0.467. The fourth-order valence-corrected chi connectivity index (χ4v) is 2.56. The minimum Gasteiger partial charge on any atom is -0.478 e. The summed E-state index contributed by atoms with van der Waals surface area (Å²) in [7, 11) is 0. The van der Waals surface area contributed by atoms with Crippen LogP contribution in [0, 0.1) is 5.92 Å². The van der Waals surface area contributed by atoms with Crippen molar-refractivity contribution in [3.8, 4) is 0 Å². The Morgan fingerprint density at radius 2 is 2.00 bits per heavy atom. The van der Waals surface area contributed by atoms with Gasteiger partial charge in [0.25, 0.3) is 0 Å². The topological polar surface area (TPSA) is 66.4 Å². The van der Waals surface area contributed by atoms with Crippen LogP contribution in [0.4, 0.5) is 0 Å². The first-order valence-corrected chi connectivity index (χ1v) is 6.74. The molecule has 1 aromatic carbocycles. The maximum absolute atomic E-state index is 11.8. The Kier molecular flexibility index (Phi) is 4.55. The Morgan fingerprint density at radius 3 is 2.68 bits per heavy atom. The second-order valence-corrected chi connectivity index (χ2v) is 5.14. The van der Waals surface area contributed by atoms with Gasteiger partial charge in [-0.05, 0) is 36.5 Å². The predicted octanol–water partition coefficient (Wildman–Crippen LogP) is 2.58. The number of hydrogen-bond acceptors (Lipinski definition) is 2. The summed E-state index contributed by atoms with van der Waals surface area (Å²) < 4.78 is 0. The summed E-state index contributed by atoms with van der Waals surface area (Å²) >= 11 is 0. The molecule has 0 aromatic heterocycles. The molecule has 1 aliphatic rings. The van der Waals surface area contributed by atoms with Gasteiger partial charge < -0.3 is 10.4 Å². The first-order chi connectivity index (χ1) is 9.15. The van der Waals surface area contributed by atoms with E-state index in [4.69, 9.17) is 5.11 Å². The zero-order valence-electron chi connectivity index (χ0n) is 10.9. The molecule has 1 fully saturated rings. The lowest BCUT2D eigenvalue weighted by atomic mass is 10.0. The molecule has 0 bridgehead atoms. The highest BCUT2D eigenvalue weighted by molar-refractivity contribution is 5.87. The van der Waals surface area contributed by atoms with Gasteiger partial charge in [0.05, 0.1) is 5.56 Å². The van der Waals surface area contributed by atoms with Crippen molar-refractivity contribution in [3.63, 3.8) is 0 Å². The number of carboxylic acid groups (broad SMARTS) is 1. The highest BCUT2D eigenvalue weighted by Gasteiger charge is 2.18. The number of rotatable bonds is 5. The fourth-order valence-electron chi connectivity index (χ4n) is 2.56. The number of hydrogen-bond donors (Lipinski definition) is 2. The molecule has 0 unspecified atom stereocenters. The van der Waals surface area contributed by atoms with Gasteiger partial charge in [-0.2, -0.15) is 0 Å². The van der Waals surface area contributed by atoms with Crippen molar-refractivity contribution in [2.75, 3.05) is 0 Å². The van der Waals surface area contributed by atoms with Crippen molar-refractivity contribution in [1.29, 1.82) is 0 Å². The first-order valence-electron chi connectivity index (χ1n) is 6.74. The average molecular weight is 261 g/mol. The Hall–Kier alpha value is -1.84. The van der Waals surface area contributed by atoms with E-state index in [9.17, 15) is 9.59 Å². The first kappa shape index (κ1) is 13.6. The lowest BCUT2D eigenvalue weighted by molar-refractivity contribution is -0.122. The summed E-state index contributed by atoms with van der Waals surface area (Å²) in [6.45, 7) is 0.396. The van der Waals surface area contributed by atoms with Crippen LogP contribution in [0.15, 0.2) is 24.3 Å². The van der Waals surface area contributed by atoms with E-state index in [0.717, 1.165) is 18.4 Å². The van der Waals surface area contributed by atoms with Gasteiger partial charge in [0.1, 0.15) is 0 Å². The maximum atomic E-state index is 11.8. The Balaban J connectivity index is 1.82. The third-order valence-corrected chi connectivity index (χ3v) is 3.61. The van der Waals surface area contributed by atoms with Gasteiger partial charge >= 0.3 is 5.97 Å². The van der Waals surface area contributed by atoms with E-state index in [0.29, 0.717) is 18.9 Å². The molecular weight excluding hydrogens is 242 g/mol. The molecule has 2 N–H and O–H groups in total. The second kappa shape index (κ2) is 6.36. The Labute approximate surface area is 112 Å². The largest absolute Gasteiger partial charge is 0.478 e. The standard InChI is InChI=1S/C15H19NO3/c17-14(9-11-4-1-2-5-11)16-10-12-6-3-7-13(8-12)15(18)19/h3,6-8,11H,1-2,4-5,9-10H2,(H,16,17)(H,18,19). The minimum absolute atomic E-state index is 0.0626. The van der Waals surface area contributed by atoms with E-state index >= 15 is 0 Å². The van der Waals surface area contributed by atoms with Crippen LogP contribution < -0.4 is 5.32 Å². The minimum atomic E-state index is -0.945. The summed E-state index contributed by atoms with van der Waals surface area (Å²) in [6.07, 6.45) is 5.37. The van der Waals surface area contributed by atoms with E-state index in [1.165, 1.54) is 12.8 Å². The van der Waals surface area contributed by atoms with Crippen LogP contribution >= 0.6 is 0 Å². The van der Waals surface area contributed by atoms with E-state index in [1.807, 2.05) is 6.07 Å². The maximum Gasteiger partial charge on any atom is 0.335 e. The quantitative estimate of drug-likeness (QED) is 0.856. The van der Waals surface area contributed by atoms with Gasteiger partial charge in [-0.25, -0.2) is 4.79 Å². The molecule has 1 saturated carbocycles. The lowest BCUT2D eigenvalue weighted by Crippen LogP contribution is -2.24. The highest BCUT2D eigenvalue weighted by atomic mass is 16.4. The van der Waals surface area contributed by atoms with Crippen LogP contribution in [0.25, 0.3) is 0 Å². The van der Waals surface area contributed by atoms with Crippen molar-refractivity contribution >= 4 is 11.9 Å². The molecule has 1 aliphatic carbocycles. The molecule has 19 heavy (non-hydrogen) atoms. The van der Waals surface area contributed by atoms with Crippen LogP contribution in [0.2, 0.25) is 0 Å². The average Bonchev–Trinajstić information content (AvgIpc) is 2.89. The van der Waals surface area contributed by atoms with Crippen molar-refractivity contribution in [1.82, 2.24) is 5.32 Å². The molecular formula is C15H19NO3. The van der Waals surface area contributed by atoms with Gasteiger partial charge in [-0.15, -0.1) is 0 Å². The van der Waals surface area contributed by atoms with Crippen molar-refractivity contribution in [2.24, 2.45) is 5.92 Å². The normalized spacial score (nSPS) is 15.4. The summed E-state index contributed by atoms with van der Waals surface area (Å²) in [5, 5.41) is 11.7. The smallest absolute Gasteiger partial charge is 0.335 e. The second-order valence-electron chi connectivity index (χ2n) is 5.14. The van der Waals surface area contributed by atoms with Crippen molar-refractivity contribution in [2.45, 2.75) is 38.6 Å². The number of amides is 1. The van der Waals surface area contributed by atoms with E-state index in [2.05, 4.69) is 5.32 Å². The summed E-state index contributed by atoms with van der Waals surface area (Å²) in [5.74, 6) is -0.350. The van der Waals surface area contributed by atoms with Crippen molar-refractivity contribution < 1.29 is 14.7 Å². The van der Waals surface area contributed by atoms with Crippen LogP contribution in [0.5, 0.6) is 0 Å². The van der Waals surface area contributed by atoms with Gasteiger partial charge in [0, 0.05) is 13.0 Å². The number of benzene rings is 1. The highest BCUT2D eigenvalue weighted by Crippen LogP contribution is 2.27. The number of aromatic carboxylic acids is 1. The summed E-state index contributed by atoms with van der Waals surface area (Å²) in [6, 6.07) is 6.66. The molecule has 4 nitrogen and oxygen atoms in total. The Morgan fingerprint density at radius 1 is 1.26 bits per heavy atom. The summed E-state index contributed by atoms with van der Waals surface area (Å²) in [4.78, 5) is 22.6. The molecule has 1 amide bonds. The number of carboxylic acids is 1. The van der Waals surface area contributed by atoms with Crippen LogP contribution in [-0.4, -0.2) is 17.0 Å². The zero-order valence-corrected chi connectivity index (χ0v) is 10.9. The van der Waals surface area contributed by atoms with Crippen molar-refractivity contribution in [3.05, 3.63) is 35.4 Å². The number of carbonyl (C=O) groups excluding carboxylic acids is 1. The predicted molar refractivity (Wildman–Crippen MR) is 71.8 cm³/mol. The zero-order chi connectivity index (χ0) is 13.7. The molecule has 2 rings (SSSR count). The lowest BCUT2D eigenvalue weighted by Gasteiger charge is -2.09. The molecule has 4 heteroatoms. The molecule has 0 saturated heterocycles.